The predicted molar refractivity (Wildman–Crippen MR) is 234 cm³/mol. The van der Waals surface area contributed by atoms with E-state index in [0.29, 0.717) is 12.4 Å². The van der Waals surface area contributed by atoms with Crippen molar-refractivity contribution in [3.05, 3.63) is 212 Å². The van der Waals surface area contributed by atoms with Crippen molar-refractivity contribution in [1.29, 1.82) is 0 Å². The minimum absolute atomic E-state index is 0.579. The molecule has 0 fully saturated rings. The van der Waals surface area contributed by atoms with Crippen LogP contribution in [0.2, 0.25) is 0 Å². The van der Waals surface area contributed by atoms with Crippen LogP contribution < -0.4 is 4.74 Å². The molecule has 0 radical (unpaired) electrons. The highest BCUT2D eigenvalue weighted by Crippen LogP contribution is 2.36. The molecular weight excluding hydrogens is 697 g/mol. The first-order valence-corrected chi connectivity index (χ1v) is 19.1. The van der Waals surface area contributed by atoms with Gasteiger partial charge < -0.3 is 4.74 Å². The Kier molecular flexibility index (Phi) is 8.65. The molecule has 0 N–H and O–H groups in total. The number of fused-ring (bicyclic) bond motifs is 4. The van der Waals surface area contributed by atoms with Crippen molar-refractivity contribution in [2.75, 3.05) is 6.61 Å². The fraction of sp³-hybridized carbons (Fsp3) is 0.0192. The highest BCUT2D eigenvalue weighted by molar-refractivity contribution is 6.10. The largest absolute Gasteiger partial charge is 0.488 e. The second-order valence-electron chi connectivity index (χ2n) is 14.1. The Morgan fingerprint density at radius 1 is 0.579 bits per heavy atom. The lowest BCUT2D eigenvalue weighted by Gasteiger charge is -2.10. The highest BCUT2D eigenvalue weighted by atomic mass is 16.5. The van der Waals surface area contributed by atoms with Gasteiger partial charge in [0, 0.05) is 44.8 Å². The molecule has 57 heavy (non-hydrogen) atoms. The van der Waals surface area contributed by atoms with Gasteiger partial charge in [0.2, 0.25) is 0 Å². The minimum Gasteiger partial charge on any atom is -0.488 e. The standard InChI is InChI=1S/C52H36N4O/c1-35(13-12-18-42-34-57-50-22-11-9-19-43(42)50)41-28-30-51(53-33-41)56-48-21-10-8-20-44(48)45-31-40(27-29-49(45)56)36-23-25-39(26-24-36)52-54-46(37-14-4-2-5-15-37)32-47(55-52)38-16-6-3-7-17-38/h2-33H,1,34H2/b13-12-,42-18+. The van der Waals surface area contributed by atoms with Crippen molar-refractivity contribution in [3.63, 3.8) is 0 Å². The number of pyridine rings is 1. The third kappa shape index (κ3) is 6.51. The summed E-state index contributed by atoms with van der Waals surface area (Å²) in [5, 5.41) is 2.34. The van der Waals surface area contributed by atoms with Crippen LogP contribution in [0.15, 0.2) is 201 Å². The van der Waals surface area contributed by atoms with Crippen molar-refractivity contribution >= 4 is 33.0 Å². The molecule has 270 valence electrons. The van der Waals surface area contributed by atoms with E-state index < -0.39 is 0 Å². The van der Waals surface area contributed by atoms with Crippen molar-refractivity contribution in [3.8, 4) is 56.6 Å². The fourth-order valence-electron chi connectivity index (χ4n) is 7.61. The molecule has 1 aliphatic rings. The van der Waals surface area contributed by atoms with Gasteiger partial charge >= 0.3 is 0 Å². The van der Waals surface area contributed by atoms with Gasteiger partial charge in [0.05, 0.1) is 22.4 Å². The van der Waals surface area contributed by atoms with E-state index in [9.17, 15) is 0 Å². The lowest BCUT2D eigenvalue weighted by Crippen LogP contribution is -1.97. The number of para-hydroxylation sites is 2. The van der Waals surface area contributed by atoms with Crippen LogP contribution in [0.25, 0.3) is 83.8 Å². The van der Waals surface area contributed by atoms with Crippen LogP contribution in [0.1, 0.15) is 11.1 Å². The van der Waals surface area contributed by atoms with E-state index in [4.69, 9.17) is 19.7 Å². The van der Waals surface area contributed by atoms with E-state index in [1.165, 1.54) is 10.8 Å². The Hall–Kier alpha value is -7.63. The zero-order chi connectivity index (χ0) is 38.1. The third-order valence-corrected chi connectivity index (χ3v) is 10.6. The topological polar surface area (TPSA) is 52.8 Å². The third-order valence-electron chi connectivity index (χ3n) is 10.6. The number of allylic oxidation sites excluding steroid dienone is 4. The second kappa shape index (κ2) is 14.5. The molecule has 0 aliphatic carbocycles. The van der Waals surface area contributed by atoms with E-state index in [2.05, 4.69) is 132 Å². The summed E-state index contributed by atoms with van der Waals surface area (Å²) in [5.74, 6) is 2.48. The first kappa shape index (κ1) is 33.9. The monoisotopic (exact) mass is 732 g/mol. The Balaban J connectivity index is 0.943. The zero-order valence-electron chi connectivity index (χ0n) is 31.1. The molecule has 0 unspecified atom stereocenters. The average Bonchev–Trinajstić information content (AvgIpc) is 3.85. The summed E-state index contributed by atoms with van der Waals surface area (Å²) in [6.45, 7) is 4.90. The summed E-state index contributed by atoms with van der Waals surface area (Å²) >= 11 is 0. The van der Waals surface area contributed by atoms with E-state index in [-0.39, 0.29) is 0 Å². The average molecular weight is 733 g/mol. The molecule has 4 heterocycles. The van der Waals surface area contributed by atoms with Crippen molar-refractivity contribution in [2.24, 2.45) is 0 Å². The summed E-state index contributed by atoms with van der Waals surface area (Å²) in [7, 11) is 0. The van der Waals surface area contributed by atoms with Gasteiger partial charge in [-0.05, 0) is 64.7 Å². The van der Waals surface area contributed by atoms with Gasteiger partial charge in [0.25, 0.3) is 0 Å². The molecule has 0 spiro atoms. The van der Waals surface area contributed by atoms with Crippen molar-refractivity contribution in [1.82, 2.24) is 19.5 Å². The molecule has 6 aromatic carbocycles. The van der Waals surface area contributed by atoms with Gasteiger partial charge in [-0.15, -0.1) is 0 Å². The van der Waals surface area contributed by atoms with Crippen LogP contribution in [0, 0.1) is 0 Å². The molecular formula is C52H36N4O. The molecule has 5 heteroatoms. The van der Waals surface area contributed by atoms with E-state index >= 15 is 0 Å². The van der Waals surface area contributed by atoms with Crippen LogP contribution in [0.5, 0.6) is 5.75 Å². The van der Waals surface area contributed by atoms with Gasteiger partial charge in [0.15, 0.2) is 5.82 Å². The normalized spacial score (nSPS) is 13.0. The maximum absolute atomic E-state index is 5.80. The first-order chi connectivity index (χ1) is 28.2. The lowest BCUT2D eigenvalue weighted by molar-refractivity contribution is 0.388. The van der Waals surface area contributed by atoms with Crippen LogP contribution in [-0.4, -0.2) is 26.1 Å². The molecule has 0 amide bonds. The lowest BCUT2D eigenvalue weighted by atomic mass is 10.0. The summed E-state index contributed by atoms with van der Waals surface area (Å²) in [5.41, 5.74) is 13.5. The van der Waals surface area contributed by atoms with Crippen LogP contribution in [0.3, 0.4) is 0 Å². The van der Waals surface area contributed by atoms with Gasteiger partial charge in [0.1, 0.15) is 18.2 Å². The van der Waals surface area contributed by atoms with Crippen LogP contribution >= 0.6 is 0 Å². The maximum Gasteiger partial charge on any atom is 0.160 e. The quantitative estimate of drug-likeness (QED) is 0.146. The second-order valence-corrected chi connectivity index (χ2v) is 14.1. The summed E-state index contributed by atoms with van der Waals surface area (Å²) in [4.78, 5) is 15.0. The number of nitrogens with zero attached hydrogens (tertiary/aromatic N) is 4. The van der Waals surface area contributed by atoms with E-state index in [1.807, 2.05) is 72.9 Å². The van der Waals surface area contributed by atoms with Gasteiger partial charge in [-0.1, -0.05) is 152 Å². The smallest absolute Gasteiger partial charge is 0.160 e. The molecule has 1 aliphatic heterocycles. The minimum atomic E-state index is 0.579. The van der Waals surface area contributed by atoms with Gasteiger partial charge in [-0.3, -0.25) is 4.57 Å². The van der Waals surface area contributed by atoms with Crippen molar-refractivity contribution in [2.45, 2.75) is 0 Å². The Morgan fingerprint density at radius 3 is 1.96 bits per heavy atom. The van der Waals surface area contributed by atoms with Gasteiger partial charge in [-0.2, -0.15) is 0 Å². The summed E-state index contributed by atoms with van der Waals surface area (Å²) < 4.78 is 8.04. The fourth-order valence-corrected chi connectivity index (χ4v) is 7.61. The SMILES string of the molecule is C=C(/C=C\C=C1/COc2ccccc21)c1ccc(-n2c3ccccc3c3cc(-c4ccc(-c5nc(-c6ccccc6)cc(-c6ccccc6)n5)cc4)ccc32)nc1. The van der Waals surface area contributed by atoms with Crippen LogP contribution in [-0.2, 0) is 0 Å². The molecule has 0 bridgehead atoms. The maximum atomic E-state index is 5.80. The highest BCUT2D eigenvalue weighted by Gasteiger charge is 2.17. The zero-order valence-corrected chi connectivity index (χ0v) is 31.1. The molecule has 5 nitrogen and oxygen atoms in total. The van der Waals surface area contributed by atoms with Gasteiger partial charge in [-0.25, -0.2) is 15.0 Å². The Bertz CT molecular complexity index is 2940. The molecule has 0 atom stereocenters. The number of rotatable bonds is 8. The first-order valence-electron chi connectivity index (χ1n) is 19.1. The Labute approximate surface area is 331 Å². The number of hydrogen-bond acceptors (Lipinski definition) is 4. The number of benzene rings is 6. The number of hydrogen-bond donors (Lipinski definition) is 0. The molecule has 9 aromatic rings. The molecule has 0 saturated carbocycles. The molecule has 0 saturated heterocycles. The molecule has 3 aromatic heterocycles. The van der Waals surface area contributed by atoms with E-state index in [1.54, 1.807) is 0 Å². The van der Waals surface area contributed by atoms with Crippen molar-refractivity contribution < 1.29 is 4.74 Å². The van der Waals surface area contributed by atoms with Crippen LogP contribution in [0.4, 0.5) is 0 Å². The summed E-state index contributed by atoms with van der Waals surface area (Å²) in [6.07, 6.45) is 8.06. The summed E-state index contributed by atoms with van der Waals surface area (Å²) in [6, 6.07) is 58.7. The number of aromatic nitrogens is 4. The molecule has 10 rings (SSSR count). The number of ether oxygens (including phenoxy) is 1. The van der Waals surface area contributed by atoms with E-state index in [0.717, 1.165) is 84.1 Å². The Morgan fingerprint density at radius 2 is 1.23 bits per heavy atom. The predicted octanol–water partition coefficient (Wildman–Crippen LogP) is 12.7.